The van der Waals surface area contributed by atoms with Gasteiger partial charge in [0.05, 0.1) is 18.5 Å². The number of carboxylic acid groups (broad SMARTS) is 1. The summed E-state index contributed by atoms with van der Waals surface area (Å²) in [6.45, 7) is 0. The molecule has 1 rings (SSSR count). The van der Waals surface area contributed by atoms with Gasteiger partial charge in [-0.25, -0.2) is 9.18 Å². The van der Waals surface area contributed by atoms with Crippen molar-refractivity contribution < 1.29 is 28.7 Å². The molecule has 0 unspecified atom stereocenters. The molecule has 0 atom stereocenters. The maximum atomic E-state index is 13.7. The van der Waals surface area contributed by atoms with Crippen LogP contribution in [-0.4, -0.2) is 29.1 Å². The lowest BCUT2D eigenvalue weighted by molar-refractivity contribution is -0.385. The number of methoxy groups -OCH3 is 1. The number of esters is 1. The molecular weight excluding hydrogens is 273 g/mol. The first-order valence-corrected chi connectivity index (χ1v) is 5.31. The highest BCUT2D eigenvalue weighted by atomic mass is 19.1. The molecule has 0 amide bonds. The van der Waals surface area contributed by atoms with E-state index in [0.717, 1.165) is 25.3 Å². The molecule has 20 heavy (non-hydrogen) atoms. The summed E-state index contributed by atoms with van der Waals surface area (Å²) in [7, 11) is 1.02. The molecule has 0 heterocycles. The van der Waals surface area contributed by atoms with Crippen molar-refractivity contribution in [3.05, 3.63) is 45.3 Å². The van der Waals surface area contributed by atoms with Crippen LogP contribution in [0.25, 0.3) is 6.08 Å². The number of carboxylic acids is 1. The van der Waals surface area contributed by atoms with E-state index in [2.05, 4.69) is 4.74 Å². The van der Waals surface area contributed by atoms with Crippen LogP contribution in [-0.2, 0) is 9.53 Å². The smallest absolute Gasteiger partial charge is 0.344 e. The largest absolute Gasteiger partial charge is 0.481 e. The second-order valence-corrected chi connectivity index (χ2v) is 3.64. The molecule has 8 heteroatoms. The lowest BCUT2D eigenvalue weighted by Crippen LogP contribution is -2.07. The number of nitro groups is 1. The third kappa shape index (κ3) is 3.61. The van der Waals surface area contributed by atoms with Crippen molar-refractivity contribution in [1.82, 2.24) is 0 Å². The highest BCUT2D eigenvalue weighted by Gasteiger charge is 2.23. The third-order valence-corrected chi connectivity index (χ3v) is 2.31. The summed E-state index contributed by atoms with van der Waals surface area (Å²) in [5, 5.41) is 19.3. The Kier molecular flexibility index (Phi) is 4.90. The Hall–Kier alpha value is -2.77. The summed E-state index contributed by atoms with van der Waals surface area (Å²) in [5.41, 5.74) is -1.32. The van der Waals surface area contributed by atoms with Gasteiger partial charge in [0.25, 0.3) is 5.69 Å². The van der Waals surface area contributed by atoms with Gasteiger partial charge < -0.3 is 9.84 Å². The SMILES string of the molecule is COC(=O)c1cc(F)c(C=CCC(=O)O)cc1[N+](=O)[O-]. The van der Waals surface area contributed by atoms with Gasteiger partial charge in [0.15, 0.2) is 0 Å². The number of carbonyl (C=O) groups is 2. The zero-order valence-corrected chi connectivity index (χ0v) is 10.3. The molecule has 0 spiro atoms. The van der Waals surface area contributed by atoms with Gasteiger partial charge in [0.1, 0.15) is 11.4 Å². The number of aliphatic carboxylic acids is 1. The first kappa shape index (κ1) is 15.3. The van der Waals surface area contributed by atoms with E-state index in [1.807, 2.05) is 0 Å². The summed E-state index contributed by atoms with van der Waals surface area (Å²) < 4.78 is 18.0. The van der Waals surface area contributed by atoms with Crippen molar-refractivity contribution in [2.75, 3.05) is 7.11 Å². The van der Waals surface area contributed by atoms with Gasteiger partial charge in [0, 0.05) is 11.6 Å². The molecule has 0 aromatic heterocycles. The van der Waals surface area contributed by atoms with E-state index in [1.54, 1.807) is 0 Å². The minimum absolute atomic E-state index is 0.189. The molecule has 0 aliphatic carbocycles. The molecule has 0 bridgehead atoms. The number of rotatable bonds is 5. The quantitative estimate of drug-likeness (QED) is 0.503. The van der Waals surface area contributed by atoms with Gasteiger partial charge in [-0.15, -0.1) is 0 Å². The van der Waals surface area contributed by atoms with Gasteiger partial charge >= 0.3 is 11.9 Å². The van der Waals surface area contributed by atoms with E-state index in [4.69, 9.17) is 5.11 Å². The standard InChI is InChI=1S/C12H10FNO6/c1-20-12(17)8-6-9(13)7(3-2-4-11(15)16)5-10(8)14(18)19/h2-3,5-6H,4H2,1H3,(H,15,16). The molecule has 0 aliphatic heterocycles. The Bertz CT molecular complexity index is 596. The average Bonchev–Trinajstić information content (AvgIpc) is 2.38. The van der Waals surface area contributed by atoms with E-state index >= 15 is 0 Å². The predicted molar refractivity (Wildman–Crippen MR) is 65.7 cm³/mol. The number of benzene rings is 1. The van der Waals surface area contributed by atoms with Crippen molar-refractivity contribution >= 4 is 23.7 Å². The van der Waals surface area contributed by atoms with E-state index in [1.165, 1.54) is 0 Å². The van der Waals surface area contributed by atoms with Gasteiger partial charge in [-0.05, 0) is 6.07 Å². The van der Waals surface area contributed by atoms with Gasteiger partial charge in [0.2, 0.25) is 0 Å². The predicted octanol–water partition coefficient (Wildman–Crippen LogP) is 2.01. The van der Waals surface area contributed by atoms with Crippen molar-refractivity contribution in [1.29, 1.82) is 0 Å². The van der Waals surface area contributed by atoms with Crippen LogP contribution >= 0.6 is 0 Å². The zero-order valence-electron chi connectivity index (χ0n) is 10.3. The Balaban J connectivity index is 3.26. The fourth-order valence-corrected chi connectivity index (χ4v) is 1.42. The number of hydrogen-bond donors (Lipinski definition) is 1. The molecular formula is C12H10FNO6. The number of carbonyl (C=O) groups excluding carboxylic acids is 1. The van der Waals surface area contributed by atoms with Crippen LogP contribution in [0.3, 0.4) is 0 Å². The van der Waals surface area contributed by atoms with Crippen LogP contribution in [0.15, 0.2) is 18.2 Å². The highest BCUT2D eigenvalue weighted by molar-refractivity contribution is 5.94. The molecule has 0 radical (unpaired) electrons. The van der Waals surface area contributed by atoms with E-state index in [0.29, 0.717) is 6.07 Å². The number of nitro benzene ring substituents is 1. The molecule has 0 aliphatic rings. The second-order valence-electron chi connectivity index (χ2n) is 3.64. The number of hydrogen-bond acceptors (Lipinski definition) is 5. The molecule has 1 aromatic carbocycles. The zero-order chi connectivity index (χ0) is 15.3. The summed E-state index contributed by atoms with van der Waals surface area (Å²) in [6.07, 6.45) is 1.88. The Labute approximate surface area is 112 Å². The normalized spacial score (nSPS) is 10.5. The molecule has 0 saturated carbocycles. The number of halogens is 1. The highest BCUT2D eigenvalue weighted by Crippen LogP contribution is 2.24. The van der Waals surface area contributed by atoms with Crippen LogP contribution in [0.5, 0.6) is 0 Å². The molecule has 7 nitrogen and oxygen atoms in total. The summed E-state index contributed by atoms with van der Waals surface area (Å²) in [4.78, 5) is 31.6. The first-order valence-electron chi connectivity index (χ1n) is 5.31. The van der Waals surface area contributed by atoms with Crippen molar-refractivity contribution in [3.8, 4) is 0 Å². The van der Waals surface area contributed by atoms with Gasteiger partial charge in [-0.3, -0.25) is 14.9 Å². The van der Waals surface area contributed by atoms with Crippen molar-refractivity contribution in [2.24, 2.45) is 0 Å². The Morgan fingerprint density at radius 3 is 2.65 bits per heavy atom. The molecule has 1 N–H and O–H groups in total. The van der Waals surface area contributed by atoms with E-state index in [9.17, 15) is 24.1 Å². The van der Waals surface area contributed by atoms with Gasteiger partial charge in [-0.2, -0.15) is 0 Å². The van der Waals surface area contributed by atoms with Crippen LogP contribution in [0.1, 0.15) is 22.3 Å². The van der Waals surface area contributed by atoms with Gasteiger partial charge in [-0.1, -0.05) is 12.2 Å². The molecule has 106 valence electrons. The maximum Gasteiger partial charge on any atom is 0.344 e. The topological polar surface area (TPSA) is 107 Å². The second kappa shape index (κ2) is 6.41. The number of ether oxygens (including phenoxy) is 1. The molecule has 0 fully saturated rings. The fourth-order valence-electron chi connectivity index (χ4n) is 1.42. The average molecular weight is 283 g/mol. The van der Waals surface area contributed by atoms with Crippen LogP contribution < -0.4 is 0 Å². The van der Waals surface area contributed by atoms with Crippen molar-refractivity contribution in [3.63, 3.8) is 0 Å². The number of nitrogens with zero attached hydrogens (tertiary/aromatic N) is 1. The first-order chi connectivity index (χ1) is 9.36. The minimum Gasteiger partial charge on any atom is -0.481 e. The van der Waals surface area contributed by atoms with Crippen LogP contribution in [0.4, 0.5) is 10.1 Å². The van der Waals surface area contributed by atoms with E-state index < -0.39 is 33.9 Å². The summed E-state index contributed by atoms with van der Waals surface area (Å²) >= 11 is 0. The maximum absolute atomic E-state index is 13.7. The molecule has 1 aromatic rings. The summed E-state index contributed by atoms with van der Waals surface area (Å²) in [5.74, 6) is -3.04. The van der Waals surface area contributed by atoms with Crippen molar-refractivity contribution in [2.45, 2.75) is 6.42 Å². The van der Waals surface area contributed by atoms with E-state index in [-0.39, 0.29) is 12.0 Å². The lowest BCUT2D eigenvalue weighted by atomic mass is 10.1. The lowest BCUT2D eigenvalue weighted by Gasteiger charge is -2.03. The fraction of sp³-hybridized carbons (Fsp3) is 0.167. The summed E-state index contributed by atoms with van der Waals surface area (Å²) in [6, 6.07) is 1.53. The minimum atomic E-state index is -1.12. The third-order valence-electron chi connectivity index (χ3n) is 2.31. The monoisotopic (exact) mass is 283 g/mol. The molecule has 0 saturated heterocycles. The van der Waals surface area contributed by atoms with Crippen LogP contribution in [0.2, 0.25) is 0 Å². The Morgan fingerprint density at radius 2 is 2.15 bits per heavy atom. The Morgan fingerprint density at radius 1 is 1.50 bits per heavy atom. The van der Waals surface area contributed by atoms with Crippen LogP contribution in [0, 0.1) is 15.9 Å².